The lowest BCUT2D eigenvalue weighted by Gasteiger charge is -2.28. The van der Waals surface area contributed by atoms with Crippen molar-refractivity contribution < 1.29 is 42.1 Å². The molecule has 0 radical (unpaired) electrons. The van der Waals surface area contributed by atoms with Gasteiger partial charge in [-0.05, 0) is 51.4 Å². The lowest BCUT2D eigenvalue weighted by Crippen LogP contribution is -2.37. The second kappa shape index (κ2) is 67.4. The fraction of sp³-hybridized carbons (Fsp3) is 0.868. The number of allylic oxidation sites excluding steroid dienone is 8. The van der Waals surface area contributed by atoms with E-state index in [0.29, 0.717) is 17.4 Å². The van der Waals surface area contributed by atoms with E-state index in [2.05, 4.69) is 62.5 Å². The molecule has 2 unspecified atom stereocenters. The highest BCUT2D eigenvalue weighted by Crippen LogP contribution is 2.38. The summed E-state index contributed by atoms with van der Waals surface area (Å²) in [5.74, 6) is -0.827. The molecule has 0 aliphatic heterocycles. The Morgan fingerprint density at radius 3 is 0.988 bits per heavy atom. The van der Waals surface area contributed by atoms with Crippen LogP contribution >= 0.6 is 7.82 Å². The minimum atomic E-state index is -4.64. The van der Waals surface area contributed by atoms with Crippen molar-refractivity contribution in [2.24, 2.45) is 0 Å². The minimum absolute atomic E-state index is 0.0322. The average Bonchev–Trinajstić information content (AvgIpc) is 3.67. The molecule has 0 aromatic rings. The Kier molecular flexibility index (Phi) is 65.8. The molecule has 0 bridgehead atoms. The molecule has 0 amide bonds. The van der Waals surface area contributed by atoms with E-state index in [-0.39, 0.29) is 32.0 Å². The van der Waals surface area contributed by atoms with Crippen LogP contribution in [0.25, 0.3) is 0 Å². The van der Waals surface area contributed by atoms with E-state index in [1.807, 2.05) is 21.1 Å². The first-order valence-electron chi connectivity index (χ1n) is 37.3. The number of carbonyl (C=O) groups is 2. The first-order valence-corrected chi connectivity index (χ1v) is 38.8. The van der Waals surface area contributed by atoms with Crippen LogP contribution in [0.4, 0.5) is 0 Å². The number of hydrogen-bond donors (Lipinski definition) is 0. The van der Waals surface area contributed by atoms with Gasteiger partial charge in [0.1, 0.15) is 19.8 Å². The zero-order valence-corrected chi connectivity index (χ0v) is 58.7. The van der Waals surface area contributed by atoms with Gasteiger partial charge in [0.15, 0.2) is 6.10 Å². The standard InChI is InChI=1S/C76H144NO8P/c1-6-8-10-12-14-16-18-20-22-24-26-28-29-30-31-32-33-34-35-36-37-38-39-40-41-42-43-44-45-46-47-49-50-52-54-56-58-60-62-64-66-68-75(78)82-72-74(73-84-86(80,81)83-71-70-77(3,4)5)85-76(79)69-67-65-63-61-59-57-55-53-51-48-27-25-23-21-19-17-15-13-11-9-7-2/h9,11,15,17,21,23,27,48,74H,6-8,10,12-14,16,18-20,22,24-26,28-47,49-73H2,1-5H3/b11-9-,17-15-,23-21-,48-27-. The van der Waals surface area contributed by atoms with Crippen molar-refractivity contribution in [3.8, 4) is 0 Å². The monoisotopic (exact) mass is 1230 g/mol. The summed E-state index contributed by atoms with van der Waals surface area (Å²) in [6, 6.07) is 0. The number of phosphoric acid groups is 1. The van der Waals surface area contributed by atoms with Gasteiger partial charge in [-0.15, -0.1) is 0 Å². The molecular formula is C76H144NO8P. The van der Waals surface area contributed by atoms with Gasteiger partial charge in [-0.3, -0.25) is 14.2 Å². The number of ether oxygens (including phenoxy) is 2. The van der Waals surface area contributed by atoms with Crippen LogP contribution in [0.1, 0.15) is 373 Å². The van der Waals surface area contributed by atoms with Gasteiger partial charge in [0, 0.05) is 12.8 Å². The van der Waals surface area contributed by atoms with Gasteiger partial charge < -0.3 is 27.9 Å². The maximum absolute atomic E-state index is 12.8. The number of unbranched alkanes of at least 4 members (excludes halogenated alkanes) is 48. The molecule has 10 heteroatoms. The summed E-state index contributed by atoms with van der Waals surface area (Å²) in [5, 5.41) is 0. The Hall–Kier alpha value is -2.03. The van der Waals surface area contributed by atoms with Crippen molar-refractivity contribution in [1.82, 2.24) is 0 Å². The summed E-state index contributed by atoms with van der Waals surface area (Å²) in [5.41, 5.74) is 0. The fourth-order valence-electron chi connectivity index (χ4n) is 11.2. The highest BCUT2D eigenvalue weighted by Gasteiger charge is 2.22. The van der Waals surface area contributed by atoms with Gasteiger partial charge in [-0.2, -0.15) is 0 Å². The SMILES string of the molecule is CC/C=C\C/C=C\C/C=C\C/C=C\CCCCCCCCCCC(=O)OC(COC(=O)CCCCCCCCCCCCCCCCCCCCCCCCCCCCCCCCCCCCCCCCCCC)COP(=O)([O-])OCC[N+](C)(C)C. The Bertz CT molecular complexity index is 1590. The van der Waals surface area contributed by atoms with E-state index in [0.717, 1.165) is 70.6 Å². The second-order valence-corrected chi connectivity index (χ2v) is 28.1. The number of quaternary nitrogens is 1. The summed E-state index contributed by atoms with van der Waals surface area (Å²) < 4.78 is 34.3. The van der Waals surface area contributed by atoms with Crippen molar-refractivity contribution in [3.05, 3.63) is 48.6 Å². The first kappa shape index (κ1) is 84.0. The molecule has 0 aromatic carbocycles. The lowest BCUT2D eigenvalue weighted by molar-refractivity contribution is -0.870. The molecule has 506 valence electrons. The maximum atomic E-state index is 12.8. The van der Waals surface area contributed by atoms with Crippen LogP contribution in [-0.2, 0) is 32.7 Å². The lowest BCUT2D eigenvalue weighted by atomic mass is 10.0. The Labute approximate surface area is 534 Å². The van der Waals surface area contributed by atoms with E-state index in [4.69, 9.17) is 18.5 Å². The van der Waals surface area contributed by atoms with Crippen LogP contribution in [0.15, 0.2) is 48.6 Å². The van der Waals surface area contributed by atoms with Crippen LogP contribution in [-0.4, -0.2) is 70.0 Å². The molecule has 0 N–H and O–H groups in total. The van der Waals surface area contributed by atoms with E-state index < -0.39 is 26.5 Å². The van der Waals surface area contributed by atoms with Gasteiger partial charge in [-0.1, -0.05) is 358 Å². The topological polar surface area (TPSA) is 111 Å². The van der Waals surface area contributed by atoms with Crippen molar-refractivity contribution >= 4 is 19.8 Å². The molecule has 2 atom stereocenters. The summed E-state index contributed by atoms with van der Waals surface area (Å²) in [4.78, 5) is 38.0. The number of likely N-dealkylation sites (N-methyl/N-ethyl adjacent to an activating group) is 1. The maximum Gasteiger partial charge on any atom is 0.306 e. The molecule has 0 rings (SSSR count). The van der Waals surface area contributed by atoms with Gasteiger partial charge in [0.25, 0.3) is 7.82 Å². The third-order valence-electron chi connectivity index (χ3n) is 16.9. The molecule has 86 heavy (non-hydrogen) atoms. The predicted octanol–water partition coefficient (Wildman–Crippen LogP) is 23.8. The Balaban J connectivity index is 3.86. The van der Waals surface area contributed by atoms with Crippen LogP contribution < -0.4 is 4.89 Å². The molecule has 0 saturated heterocycles. The van der Waals surface area contributed by atoms with E-state index in [1.54, 1.807) is 0 Å². The number of hydrogen-bond acceptors (Lipinski definition) is 8. The second-order valence-electron chi connectivity index (χ2n) is 26.6. The van der Waals surface area contributed by atoms with Crippen molar-refractivity contribution in [2.75, 3.05) is 47.5 Å². The summed E-state index contributed by atoms with van der Waals surface area (Å²) in [6.45, 7) is 4.17. The number of nitrogens with zero attached hydrogens (tertiary/aromatic N) is 1. The van der Waals surface area contributed by atoms with Gasteiger partial charge in [0.2, 0.25) is 0 Å². The van der Waals surface area contributed by atoms with Crippen molar-refractivity contribution in [3.63, 3.8) is 0 Å². The quantitative estimate of drug-likeness (QED) is 0.0195. The fourth-order valence-corrected chi connectivity index (χ4v) is 11.9. The molecule has 0 aromatic heterocycles. The largest absolute Gasteiger partial charge is 0.756 e. The predicted molar refractivity (Wildman–Crippen MR) is 370 cm³/mol. The minimum Gasteiger partial charge on any atom is -0.756 e. The zero-order valence-electron chi connectivity index (χ0n) is 57.8. The number of carbonyl (C=O) groups excluding carboxylic acids is 2. The van der Waals surface area contributed by atoms with Crippen LogP contribution in [0.3, 0.4) is 0 Å². The molecule has 0 saturated carbocycles. The molecule has 9 nitrogen and oxygen atoms in total. The van der Waals surface area contributed by atoms with Crippen molar-refractivity contribution in [1.29, 1.82) is 0 Å². The first-order chi connectivity index (χ1) is 42.0. The Morgan fingerprint density at radius 1 is 0.372 bits per heavy atom. The molecule has 0 aliphatic carbocycles. The summed E-state index contributed by atoms with van der Waals surface area (Å²) >= 11 is 0. The third kappa shape index (κ3) is 71.1. The molecule has 0 spiro atoms. The molecule has 0 heterocycles. The Morgan fingerprint density at radius 2 is 0.663 bits per heavy atom. The number of rotatable bonds is 70. The zero-order chi connectivity index (χ0) is 62.6. The normalized spacial score (nSPS) is 13.3. The van der Waals surface area contributed by atoms with E-state index >= 15 is 0 Å². The molecule has 0 aliphatic rings. The van der Waals surface area contributed by atoms with E-state index in [9.17, 15) is 19.0 Å². The highest BCUT2D eigenvalue weighted by molar-refractivity contribution is 7.45. The van der Waals surface area contributed by atoms with Crippen LogP contribution in [0, 0.1) is 0 Å². The van der Waals surface area contributed by atoms with E-state index in [1.165, 1.54) is 270 Å². The molecule has 0 fully saturated rings. The molecular weight excluding hydrogens is 1090 g/mol. The summed E-state index contributed by atoms with van der Waals surface area (Å²) in [6.07, 6.45) is 88.1. The number of phosphoric ester groups is 1. The van der Waals surface area contributed by atoms with Crippen LogP contribution in [0.5, 0.6) is 0 Å². The third-order valence-corrected chi connectivity index (χ3v) is 17.8. The van der Waals surface area contributed by atoms with Gasteiger partial charge in [0.05, 0.1) is 27.7 Å². The highest BCUT2D eigenvalue weighted by atomic mass is 31.2. The van der Waals surface area contributed by atoms with Gasteiger partial charge in [-0.25, -0.2) is 0 Å². The van der Waals surface area contributed by atoms with Crippen LogP contribution in [0.2, 0.25) is 0 Å². The average molecular weight is 1230 g/mol. The smallest absolute Gasteiger partial charge is 0.306 e. The van der Waals surface area contributed by atoms with Crippen molar-refractivity contribution in [2.45, 2.75) is 380 Å². The summed E-state index contributed by atoms with van der Waals surface area (Å²) in [7, 11) is 1.17. The number of esters is 2. The van der Waals surface area contributed by atoms with Gasteiger partial charge >= 0.3 is 11.9 Å².